The van der Waals surface area contributed by atoms with Crippen molar-refractivity contribution in [1.29, 1.82) is 0 Å². The Bertz CT molecular complexity index is 5250. The molecule has 6 rings (SSSR count). The lowest BCUT2D eigenvalue weighted by Crippen LogP contribution is -2.34. The normalized spacial score (nSPS) is 11.8. The van der Waals surface area contributed by atoms with Crippen molar-refractivity contribution in [3.05, 3.63) is 200 Å². The molecule has 5 N–H and O–H groups in total. The topological polar surface area (TPSA) is 536 Å². The predicted molar refractivity (Wildman–Crippen MR) is 551 cm³/mol. The Morgan fingerprint density at radius 2 is 0.585 bits per heavy atom. The molecule has 42 nitrogen and oxygen atoms in total. The molecule has 0 aliphatic rings. The van der Waals surface area contributed by atoms with Gasteiger partial charge >= 0.3 is 41.8 Å². The molecule has 0 atom stereocenters. The van der Waals surface area contributed by atoms with E-state index in [9.17, 15) is 72.0 Å². The van der Waals surface area contributed by atoms with Crippen LogP contribution in [0.1, 0.15) is 129 Å². The molecule has 0 aliphatic carbocycles. The molecule has 0 bridgehead atoms. The zero-order valence-corrected chi connectivity index (χ0v) is 90.9. The third-order valence-corrected chi connectivity index (χ3v) is 30.9. The first-order valence-electron chi connectivity index (χ1n) is 47.6. The summed E-state index contributed by atoms with van der Waals surface area (Å²) >= 11 is 0. The van der Waals surface area contributed by atoms with E-state index in [1.807, 2.05) is 111 Å². The monoisotopic (exact) mass is 2170 g/mol. The van der Waals surface area contributed by atoms with Gasteiger partial charge in [-0.2, -0.15) is 33.7 Å². The molecule has 0 fully saturated rings. The van der Waals surface area contributed by atoms with Crippen LogP contribution in [0.2, 0.25) is 0 Å². The molecule has 0 spiro atoms. The van der Waals surface area contributed by atoms with E-state index in [1.165, 1.54) is 49.8 Å². The lowest BCUT2D eigenvalue weighted by molar-refractivity contribution is -0.143. The fourth-order valence-corrected chi connectivity index (χ4v) is 20.4. The van der Waals surface area contributed by atoms with E-state index in [2.05, 4.69) is 12.5 Å². The third kappa shape index (κ3) is 52.4. The van der Waals surface area contributed by atoms with Gasteiger partial charge in [-0.3, -0.25) is 99.5 Å². The van der Waals surface area contributed by atoms with Gasteiger partial charge in [-0.1, -0.05) is 133 Å². The largest absolute Gasteiger partial charge is 0.469 e. The molecule has 0 aliphatic heterocycles. The van der Waals surface area contributed by atoms with Crippen LogP contribution in [0.5, 0.6) is 0 Å². The summed E-state index contributed by atoms with van der Waals surface area (Å²) in [7, 11) is -6.98. The van der Waals surface area contributed by atoms with Crippen LogP contribution >= 0.6 is 7.14 Å². The van der Waals surface area contributed by atoms with Gasteiger partial charge in [0.15, 0.2) is 0 Å². The van der Waals surface area contributed by atoms with Crippen LogP contribution in [0.25, 0.3) is 0 Å². The van der Waals surface area contributed by atoms with Crippen molar-refractivity contribution < 1.29 is 157 Å². The number of carbonyl (C=O) groups is 9. The molecular formula is C100H151N8O34PS4. The highest BCUT2D eigenvalue weighted by atomic mass is 32.2. The number of esters is 7. The van der Waals surface area contributed by atoms with Gasteiger partial charge in [-0.25, -0.2) is 0 Å². The second-order valence-electron chi connectivity index (χ2n) is 33.8. The fraction of sp³-hybridized carbons (Fsp3) is 0.550. The summed E-state index contributed by atoms with van der Waals surface area (Å²) in [6.45, 7) is 15.4. The molecule has 0 aromatic heterocycles. The molecule has 0 saturated carbocycles. The standard InChI is InChI=1S/C40H51N2O10P.C24H36N2O8.C20H36N2O12S4.C16H28N2O4/c1-29-34(26-41(21-13-25-52-28-43)22-18-36(44)49-4)30(2)39(31(3)35(29)27-42(23-19-37(45)50-5)24-20-38(46)51-6)40(47)53(48,32-14-9-7-10-15-32)33-16-11-8-12-17-33;1-31-21(27)9-13-25(14-10-22(28)32-2)17-19-7-5-6-8-20(19)18-26(15-11-23(29)33-3)16-12-24(30)34-4;1-32-36(26,27)13-9-21(8-5-12-35(23,24)25)17-19-6-4-7-20(16-19)18-22(10-14-37(28,29)33-2)11-15-38(30,31)34-3;19-9-5-17(6-10-20)13-15-1-2-16(4-3-15)14-18(7-11-21)8-12-22/h7-12,14-17,28H,13,18-27H2,1-6H3;5-8H,9-18H2,1-4H3;4,6-7,16H,5,8-15,17-18H2,1-3H3,(H,23,24,25);1-4,19-22H,5-14H2. The zero-order valence-electron chi connectivity index (χ0n) is 86.7. The molecule has 6 aromatic rings. The number of ether oxygens (including phenoxy) is 8. The van der Waals surface area contributed by atoms with Crippen LogP contribution in [-0.2, 0) is 186 Å². The lowest BCUT2D eigenvalue weighted by Gasteiger charge is -2.30. The first kappa shape index (κ1) is 131. The number of nitrogens with zero attached hydrogens (tertiary/aromatic N) is 8. The summed E-state index contributed by atoms with van der Waals surface area (Å²) in [6, 6.07) is 40.5. The minimum absolute atomic E-state index is 0.00370. The SMILES string of the molecule is COC(=O)CCN(CCC(=O)OC)Cc1ccccc1CN(CCC(=O)OC)CCC(=O)OC.COC(=O)CCN(CCCOC=O)Cc1c(C)c(CN(CCC(=O)OC)CCC(=O)OC)c(C)c(C(=O)P(=O)(c2ccccc2)c2ccccc2)c1C.COS(=O)(=O)CCN(CCCS(=O)(=O)O)Cc1cccc(CN(CCS(=O)(=O)OC)CCS(=O)(=O)OC)c1.OCCN(CCO)Cc1ccc(CN(CCO)CCO)cc1. The number of hydrogen-bond donors (Lipinski definition) is 5. The summed E-state index contributed by atoms with van der Waals surface area (Å²) in [5, 5.41) is 36.9. The molecule has 0 amide bonds. The van der Waals surface area contributed by atoms with Gasteiger partial charge < -0.3 is 62.9 Å². The fourth-order valence-electron chi connectivity index (χ4n) is 15.4. The van der Waals surface area contributed by atoms with Crippen LogP contribution in [0.3, 0.4) is 0 Å². The molecule has 0 radical (unpaired) electrons. The van der Waals surface area contributed by atoms with Crippen molar-refractivity contribution in [2.45, 2.75) is 131 Å². The average Bonchev–Trinajstić information content (AvgIpc) is 0.737. The maximum atomic E-state index is 15.4. The van der Waals surface area contributed by atoms with Crippen molar-refractivity contribution in [3.8, 4) is 0 Å². The van der Waals surface area contributed by atoms with E-state index in [0.717, 1.165) is 71.4 Å². The van der Waals surface area contributed by atoms with Gasteiger partial charge in [0.2, 0.25) is 12.7 Å². The number of methoxy groups -OCH3 is 7. The summed E-state index contributed by atoms with van der Waals surface area (Å²) in [4.78, 5) is 125. The highest BCUT2D eigenvalue weighted by molar-refractivity contribution is 7.93. The van der Waals surface area contributed by atoms with E-state index < -0.39 is 70.8 Å². The molecule has 824 valence electrons. The van der Waals surface area contributed by atoms with Crippen molar-refractivity contribution in [2.75, 3.05) is 232 Å². The van der Waals surface area contributed by atoms with Gasteiger partial charge in [-0.05, 0) is 101 Å². The van der Waals surface area contributed by atoms with E-state index in [0.29, 0.717) is 138 Å². The smallest absolute Gasteiger partial charge is 0.306 e. The van der Waals surface area contributed by atoms with Crippen molar-refractivity contribution in [2.24, 2.45) is 0 Å². The van der Waals surface area contributed by atoms with E-state index in [-0.39, 0.29) is 190 Å². The summed E-state index contributed by atoms with van der Waals surface area (Å²) in [5.74, 6) is -4.02. The number of rotatable bonds is 70. The van der Waals surface area contributed by atoms with Gasteiger partial charge in [0.1, 0.15) is 0 Å². The molecule has 0 unspecified atom stereocenters. The number of carbonyl (C=O) groups excluding carboxylic acids is 9. The van der Waals surface area contributed by atoms with E-state index in [1.54, 1.807) is 82.6 Å². The second-order valence-corrected chi connectivity index (χ2v) is 43.6. The van der Waals surface area contributed by atoms with Crippen LogP contribution in [0.15, 0.2) is 133 Å². The second kappa shape index (κ2) is 71.8. The summed E-state index contributed by atoms with van der Waals surface area (Å²) in [6.07, 6.45) is 1.61. The number of aliphatic hydroxyl groups excluding tert-OH is 4. The lowest BCUT2D eigenvalue weighted by atomic mass is 9.87. The Balaban J connectivity index is 0.000000525. The number of hydrogen-bond acceptors (Lipinski definition) is 41. The minimum atomic E-state index is -4.18. The molecule has 0 saturated heterocycles. The van der Waals surface area contributed by atoms with Crippen molar-refractivity contribution in [1.82, 2.24) is 39.2 Å². The third-order valence-electron chi connectivity index (χ3n) is 23.7. The highest BCUT2D eigenvalue weighted by Gasteiger charge is 2.40. The Morgan fingerprint density at radius 3 is 0.878 bits per heavy atom. The molecule has 0 heterocycles. The summed E-state index contributed by atoms with van der Waals surface area (Å²) < 4.78 is 169. The minimum Gasteiger partial charge on any atom is -0.469 e. The maximum Gasteiger partial charge on any atom is 0.306 e. The highest BCUT2D eigenvalue weighted by Crippen LogP contribution is 2.49. The van der Waals surface area contributed by atoms with Gasteiger partial charge in [0.05, 0.1) is 172 Å². The molecule has 147 heavy (non-hydrogen) atoms. The first-order chi connectivity index (χ1) is 70.0. The molecule has 47 heteroatoms. The van der Waals surface area contributed by atoms with Gasteiger partial charge in [0.25, 0.3) is 46.9 Å². The Hall–Kier alpha value is -9.86. The number of aliphatic hydroxyl groups is 4. The molecule has 6 aromatic carbocycles. The Kier molecular flexibility index (Phi) is 64.1. The molecular weight excluding hydrogens is 2020 g/mol. The first-order valence-corrected chi connectivity index (χ1v) is 55.7. The van der Waals surface area contributed by atoms with Crippen LogP contribution in [-0.4, -0.2) is 383 Å². The quantitative estimate of drug-likeness (QED) is 0.00643. The number of benzene rings is 6. The van der Waals surface area contributed by atoms with Crippen molar-refractivity contribution >= 4 is 112 Å². The Labute approximate surface area is 865 Å². The van der Waals surface area contributed by atoms with Gasteiger partial charge in [-0.15, -0.1) is 0 Å². The van der Waals surface area contributed by atoms with Gasteiger partial charge in [0, 0.05) is 167 Å². The van der Waals surface area contributed by atoms with E-state index >= 15 is 9.36 Å². The van der Waals surface area contributed by atoms with Crippen LogP contribution < -0.4 is 10.6 Å². The van der Waals surface area contributed by atoms with Crippen LogP contribution in [0, 0.1) is 20.8 Å². The Morgan fingerprint density at radius 1 is 0.313 bits per heavy atom. The van der Waals surface area contributed by atoms with E-state index in [4.69, 9.17) is 62.9 Å². The van der Waals surface area contributed by atoms with Crippen molar-refractivity contribution in [3.63, 3.8) is 0 Å². The predicted octanol–water partition coefficient (Wildman–Crippen LogP) is 4.92. The summed E-state index contributed by atoms with van der Waals surface area (Å²) in [5.41, 5.74) is 9.34. The average molecular weight is 2170 g/mol. The maximum absolute atomic E-state index is 15.4. The zero-order chi connectivity index (χ0) is 110. The van der Waals surface area contributed by atoms with Crippen LogP contribution in [0.4, 0.5) is 0 Å².